The summed E-state index contributed by atoms with van der Waals surface area (Å²) in [6.45, 7) is 0. The first-order chi connectivity index (χ1) is 12.7. The molecule has 2 aliphatic rings. The van der Waals surface area contributed by atoms with Crippen molar-refractivity contribution in [1.29, 1.82) is 5.26 Å². The molecule has 7 nitrogen and oxygen atoms in total. The molecule has 0 amide bonds. The average Bonchev–Trinajstić information content (AvgIpc) is 3.03. The topological polar surface area (TPSA) is 92.4 Å². The molecule has 0 bridgehead atoms. The number of aliphatic imine (C=N–C) groups is 1. The van der Waals surface area contributed by atoms with Gasteiger partial charge in [0.2, 0.25) is 0 Å². The number of nitrogens with zero attached hydrogens (tertiary/aromatic N) is 3. The third kappa shape index (κ3) is 2.35. The summed E-state index contributed by atoms with van der Waals surface area (Å²) in [4.78, 5) is 20.0. The van der Waals surface area contributed by atoms with Gasteiger partial charge in [0.05, 0.1) is 54.9 Å². The van der Waals surface area contributed by atoms with Crippen LogP contribution in [0.1, 0.15) is 22.9 Å². The van der Waals surface area contributed by atoms with Crippen molar-refractivity contribution in [3.05, 3.63) is 75.4 Å². The smallest absolute Gasteiger partial charge is 0.330 e. The molecule has 26 heavy (non-hydrogen) atoms. The van der Waals surface area contributed by atoms with Gasteiger partial charge < -0.3 is 14.5 Å². The third-order valence-electron chi connectivity index (χ3n) is 4.61. The normalized spacial score (nSPS) is 20.3. The Bertz CT molecular complexity index is 1050. The lowest BCUT2D eigenvalue weighted by molar-refractivity contribution is 0.212. The molecule has 130 valence electrons. The van der Waals surface area contributed by atoms with Crippen molar-refractivity contribution >= 4 is 6.21 Å². The van der Waals surface area contributed by atoms with Crippen molar-refractivity contribution in [2.75, 3.05) is 14.2 Å². The minimum absolute atomic E-state index is 0.168. The van der Waals surface area contributed by atoms with Crippen LogP contribution in [0.5, 0.6) is 0 Å². The summed E-state index contributed by atoms with van der Waals surface area (Å²) < 4.78 is 12.4. The molecule has 0 fully saturated rings. The lowest BCUT2D eigenvalue weighted by atomic mass is 9.87. The Labute approximate surface area is 149 Å². The summed E-state index contributed by atoms with van der Waals surface area (Å²) in [5.41, 5.74) is 2.45. The van der Waals surface area contributed by atoms with Crippen LogP contribution in [0.15, 0.2) is 57.7 Å². The number of H-pyrrole nitrogens is 1. The number of aromatic nitrogens is 2. The number of methoxy groups -OCH3 is 2. The summed E-state index contributed by atoms with van der Waals surface area (Å²) in [5, 5.41) is 8.98. The SMILES string of the molecule is COC1=CC2N=Cc3[nH]c(=O)n(-c4ccc(C#N)cc4)c3C2C=C1OC. The van der Waals surface area contributed by atoms with E-state index in [1.807, 2.05) is 12.2 Å². The van der Waals surface area contributed by atoms with Crippen LogP contribution in [0.2, 0.25) is 0 Å². The second-order valence-electron chi connectivity index (χ2n) is 5.99. The molecule has 1 aliphatic heterocycles. The summed E-state index contributed by atoms with van der Waals surface area (Å²) in [6.07, 6.45) is 5.49. The predicted molar refractivity (Wildman–Crippen MR) is 95.4 cm³/mol. The van der Waals surface area contributed by atoms with Gasteiger partial charge in [-0.15, -0.1) is 0 Å². The van der Waals surface area contributed by atoms with E-state index in [0.717, 1.165) is 5.69 Å². The molecule has 2 heterocycles. The average molecular weight is 348 g/mol. The minimum Gasteiger partial charge on any atom is -0.493 e. The Kier molecular flexibility index (Phi) is 3.73. The fraction of sp³-hybridized carbons (Fsp3) is 0.211. The monoisotopic (exact) mass is 348 g/mol. The maximum atomic E-state index is 12.6. The number of hydrogen-bond acceptors (Lipinski definition) is 5. The summed E-state index contributed by atoms with van der Waals surface area (Å²) in [7, 11) is 3.16. The molecule has 1 N–H and O–H groups in total. The molecule has 7 heteroatoms. The summed E-state index contributed by atoms with van der Waals surface area (Å²) >= 11 is 0. The Hall–Kier alpha value is -3.53. The molecule has 2 atom stereocenters. The van der Waals surface area contributed by atoms with E-state index in [1.54, 1.807) is 49.3 Å². The fourth-order valence-corrected chi connectivity index (χ4v) is 3.39. The lowest BCUT2D eigenvalue weighted by Gasteiger charge is -2.29. The van der Waals surface area contributed by atoms with Crippen LogP contribution in [-0.2, 0) is 9.47 Å². The lowest BCUT2D eigenvalue weighted by Crippen LogP contribution is -2.27. The van der Waals surface area contributed by atoms with Gasteiger partial charge in [-0.2, -0.15) is 5.26 Å². The van der Waals surface area contributed by atoms with Crippen LogP contribution in [0.25, 0.3) is 5.69 Å². The zero-order valence-corrected chi connectivity index (χ0v) is 14.3. The number of nitrogens with one attached hydrogen (secondary N) is 1. The van der Waals surface area contributed by atoms with E-state index >= 15 is 0 Å². The van der Waals surface area contributed by atoms with Crippen LogP contribution in [0.3, 0.4) is 0 Å². The first kappa shape index (κ1) is 16.0. The summed E-state index contributed by atoms with van der Waals surface area (Å²) in [5.74, 6) is 1.06. The van der Waals surface area contributed by atoms with E-state index in [9.17, 15) is 4.79 Å². The van der Waals surface area contributed by atoms with Gasteiger partial charge in [0.1, 0.15) is 0 Å². The minimum atomic E-state index is -0.249. The third-order valence-corrected chi connectivity index (χ3v) is 4.61. The zero-order valence-electron chi connectivity index (χ0n) is 14.3. The van der Waals surface area contributed by atoms with Crippen molar-refractivity contribution in [3.8, 4) is 11.8 Å². The molecular weight excluding hydrogens is 332 g/mol. The van der Waals surface area contributed by atoms with Gasteiger partial charge in [0.15, 0.2) is 11.5 Å². The Morgan fingerprint density at radius 1 is 1.15 bits per heavy atom. The van der Waals surface area contributed by atoms with Crippen molar-refractivity contribution in [2.24, 2.45) is 4.99 Å². The van der Waals surface area contributed by atoms with Crippen molar-refractivity contribution in [1.82, 2.24) is 9.55 Å². The number of fused-ring (bicyclic) bond motifs is 3. The highest BCUT2D eigenvalue weighted by molar-refractivity contribution is 5.81. The molecule has 0 spiro atoms. The number of rotatable bonds is 3. The van der Waals surface area contributed by atoms with E-state index < -0.39 is 0 Å². The van der Waals surface area contributed by atoms with E-state index in [0.29, 0.717) is 28.5 Å². The Balaban J connectivity index is 1.88. The Morgan fingerprint density at radius 2 is 1.85 bits per heavy atom. The first-order valence-electron chi connectivity index (χ1n) is 8.07. The second-order valence-corrected chi connectivity index (χ2v) is 5.99. The molecule has 0 saturated carbocycles. The quantitative estimate of drug-likeness (QED) is 0.918. The maximum Gasteiger partial charge on any atom is 0.330 e. The molecule has 0 saturated heterocycles. The van der Waals surface area contributed by atoms with Crippen molar-refractivity contribution in [2.45, 2.75) is 12.0 Å². The number of benzene rings is 1. The van der Waals surface area contributed by atoms with Crippen LogP contribution >= 0.6 is 0 Å². The fourth-order valence-electron chi connectivity index (χ4n) is 3.39. The molecule has 0 radical (unpaired) electrons. The van der Waals surface area contributed by atoms with Gasteiger partial charge in [-0.05, 0) is 36.4 Å². The van der Waals surface area contributed by atoms with Gasteiger partial charge >= 0.3 is 5.69 Å². The zero-order chi connectivity index (χ0) is 18.3. The highest BCUT2D eigenvalue weighted by atomic mass is 16.5. The number of imidazole rings is 1. The van der Waals surface area contributed by atoms with Gasteiger partial charge in [0, 0.05) is 6.21 Å². The molecule has 1 aromatic carbocycles. The number of hydrogen-bond donors (Lipinski definition) is 1. The van der Waals surface area contributed by atoms with E-state index in [1.165, 1.54) is 0 Å². The number of nitriles is 1. The maximum absolute atomic E-state index is 12.6. The Morgan fingerprint density at radius 3 is 2.50 bits per heavy atom. The molecular formula is C19H16N4O3. The largest absolute Gasteiger partial charge is 0.493 e. The molecule has 2 unspecified atom stereocenters. The van der Waals surface area contributed by atoms with Gasteiger partial charge in [-0.1, -0.05) is 0 Å². The molecule has 2 aromatic rings. The molecule has 4 rings (SSSR count). The van der Waals surface area contributed by atoms with Crippen molar-refractivity contribution in [3.63, 3.8) is 0 Å². The molecule has 1 aromatic heterocycles. The van der Waals surface area contributed by atoms with E-state index in [-0.39, 0.29) is 17.6 Å². The van der Waals surface area contributed by atoms with Crippen LogP contribution < -0.4 is 5.69 Å². The van der Waals surface area contributed by atoms with Gasteiger partial charge in [-0.25, -0.2) is 4.79 Å². The van der Waals surface area contributed by atoms with Crippen LogP contribution in [0.4, 0.5) is 0 Å². The van der Waals surface area contributed by atoms with Crippen LogP contribution in [0, 0.1) is 11.3 Å². The highest BCUT2D eigenvalue weighted by Gasteiger charge is 2.34. The number of ether oxygens (including phenoxy) is 2. The summed E-state index contributed by atoms with van der Waals surface area (Å²) in [6, 6.07) is 8.80. The van der Waals surface area contributed by atoms with Crippen molar-refractivity contribution < 1.29 is 9.47 Å². The van der Waals surface area contributed by atoms with E-state index in [2.05, 4.69) is 16.0 Å². The van der Waals surface area contributed by atoms with Crippen LogP contribution in [-0.4, -0.2) is 36.0 Å². The van der Waals surface area contributed by atoms with Gasteiger partial charge in [-0.3, -0.25) is 9.56 Å². The standard InChI is InChI=1S/C19H16N4O3/c1-25-16-7-13-14(8-17(16)26-2)21-10-15-18(13)23(19(24)22-15)12-5-3-11(9-20)4-6-12/h3-8,10,13-14H,1-2H3,(H,22,24). The highest BCUT2D eigenvalue weighted by Crippen LogP contribution is 2.37. The van der Waals surface area contributed by atoms with E-state index in [4.69, 9.17) is 14.7 Å². The second kappa shape index (κ2) is 6.08. The predicted octanol–water partition coefficient (Wildman–Crippen LogP) is 2.00. The van der Waals surface area contributed by atoms with Gasteiger partial charge in [0.25, 0.3) is 0 Å². The number of aromatic amines is 1. The molecule has 1 aliphatic carbocycles. The first-order valence-corrected chi connectivity index (χ1v) is 8.07.